The summed E-state index contributed by atoms with van der Waals surface area (Å²) < 4.78 is 16.9. The molecule has 2 aromatic carbocycles. The number of hydrogen-bond donors (Lipinski definition) is 3. The number of methoxy groups -OCH3 is 1. The number of amides is 3. The van der Waals surface area contributed by atoms with Gasteiger partial charge in [-0.25, -0.2) is 5.43 Å². The normalized spacial score (nSPS) is 10.6. The molecular weight excluding hydrogens is 520 g/mol. The second kappa shape index (κ2) is 12.4. The molecule has 35 heavy (non-hydrogen) atoms. The van der Waals surface area contributed by atoms with Crippen LogP contribution in [0, 0.1) is 6.92 Å². The lowest BCUT2D eigenvalue weighted by Gasteiger charge is -2.12. The molecule has 0 saturated carbocycles. The fourth-order valence-electron chi connectivity index (χ4n) is 2.86. The van der Waals surface area contributed by atoms with Gasteiger partial charge in [0.15, 0.2) is 18.1 Å². The first-order valence-electron chi connectivity index (χ1n) is 10.4. The van der Waals surface area contributed by atoms with Crippen LogP contribution in [0.1, 0.15) is 16.9 Å². The largest absolute Gasteiger partial charge is 0.493 e. The van der Waals surface area contributed by atoms with Crippen LogP contribution in [0.15, 0.2) is 68.8 Å². The Balaban J connectivity index is 1.50. The Bertz CT molecular complexity index is 1230. The van der Waals surface area contributed by atoms with Gasteiger partial charge in [-0.2, -0.15) is 5.10 Å². The van der Waals surface area contributed by atoms with Gasteiger partial charge in [-0.15, -0.1) is 0 Å². The number of benzene rings is 2. The minimum absolute atomic E-state index is 0.0857. The summed E-state index contributed by atoms with van der Waals surface area (Å²) in [6.07, 6.45) is 2.81. The molecule has 10 nitrogen and oxygen atoms in total. The summed E-state index contributed by atoms with van der Waals surface area (Å²) in [7, 11) is 1.46. The van der Waals surface area contributed by atoms with Crippen molar-refractivity contribution < 1.29 is 28.3 Å². The lowest BCUT2D eigenvalue weighted by atomic mass is 10.2. The van der Waals surface area contributed by atoms with Crippen molar-refractivity contribution in [3.8, 4) is 11.5 Å². The minimum atomic E-state index is -0.924. The summed E-state index contributed by atoms with van der Waals surface area (Å²) in [6.45, 7) is 1.76. The van der Waals surface area contributed by atoms with Crippen molar-refractivity contribution in [1.82, 2.24) is 10.7 Å². The topological polar surface area (TPSA) is 131 Å². The second-order valence-corrected chi connectivity index (χ2v) is 8.08. The quantitative estimate of drug-likeness (QED) is 0.216. The molecule has 0 aliphatic carbocycles. The predicted molar refractivity (Wildman–Crippen MR) is 132 cm³/mol. The van der Waals surface area contributed by atoms with Gasteiger partial charge in [0.1, 0.15) is 5.76 Å². The maximum Gasteiger partial charge on any atom is 0.329 e. The fraction of sp³-hybridized carbons (Fsp3) is 0.167. The van der Waals surface area contributed by atoms with E-state index in [0.29, 0.717) is 28.5 Å². The summed E-state index contributed by atoms with van der Waals surface area (Å²) >= 11 is 3.39. The van der Waals surface area contributed by atoms with Crippen molar-refractivity contribution in [1.29, 1.82) is 0 Å². The smallest absolute Gasteiger partial charge is 0.329 e. The van der Waals surface area contributed by atoms with Gasteiger partial charge in [-0.1, -0.05) is 15.9 Å². The maximum atomic E-state index is 12.3. The van der Waals surface area contributed by atoms with Gasteiger partial charge < -0.3 is 24.5 Å². The molecule has 182 valence electrons. The Labute approximate surface area is 209 Å². The number of nitrogens with one attached hydrogen (secondary N) is 3. The first kappa shape index (κ1) is 25.5. The zero-order valence-electron chi connectivity index (χ0n) is 19.0. The molecule has 1 aromatic heterocycles. The summed E-state index contributed by atoms with van der Waals surface area (Å²) in [4.78, 5) is 35.9. The first-order valence-corrected chi connectivity index (χ1v) is 11.2. The van der Waals surface area contributed by atoms with E-state index in [0.717, 1.165) is 10.0 Å². The number of furan rings is 1. The van der Waals surface area contributed by atoms with Crippen LogP contribution in [0.5, 0.6) is 11.5 Å². The van der Waals surface area contributed by atoms with E-state index in [1.165, 1.54) is 19.6 Å². The third-order valence-corrected chi connectivity index (χ3v) is 5.09. The lowest BCUT2D eigenvalue weighted by Crippen LogP contribution is -2.37. The lowest BCUT2D eigenvalue weighted by molar-refractivity contribution is -0.139. The van der Waals surface area contributed by atoms with E-state index in [1.807, 2.05) is 19.1 Å². The molecule has 3 N–H and O–H groups in total. The van der Waals surface area contributed by atoms with Gasteiger partial charge in [-0.05, 0) is 66.6 Å². The minimum Gasteiger partial charge on any atom is -0.493 e. The van der Waals surface area contributed by atoms with E-state index in [4.69, 9.17) is 13.9 Å². The first-order chi connectivity index (χ1) is 16.9. The Kier molecular flexibility index (Phi) is 9.02. The van der Waals surface area contributed by atoms with Crippen LogP contribution in [0.3, 0.4) is 0 Å². The zero-order valence-corrected chi connectivity index (χ0v) is 20.5. The molecule has 1 heterocycles. The molecule has 11 heteroatoms. The number of nitrogens with zero attached hydrogens (tertiary/aromatic N) is 1. The van der Waals surface area contributed by atoms with Crippen LogP contribution in [0.25, 0.3) is 0 Å². The average molecular weight is 543 g/mol. The summed E-state index contributed by atoms with van der Waals surface area (Å²) in [5.74, 6) is -0.859. The number of rotatable bonds is 9. The molecule has 0 spiro atoms. The van der Waals surface area contributed by atoms with Gasteiger partial charge in [0, 0.05) is 10.2 Å². The summed E-state index contributed by atoms with van der Waals surface area (Å²) in [6, 6.07) is 13.8. The van der Waals surface area contributed by atoms with E-state index < -0.39 is 11.8 Å². The number of carbonyl (C=O) groups is 3. The van der Waals surface area contributed by atoms with Gasteiger partial charge in [0.25, 0.3) is 5.91 Å². The summed E-state index contributed by atoms with van der Waals surface area (Å²) in [5.41, 5.74) is 4.32. The number of carbonyl (C=O) groups excluding carboxylic acids is 3. The van der Waals surface area contributed by atoms with Crippen molar-refractivity contribution in [2.45, 2.75) is 13.5 Å². The predicted octanol–water partition coefficient (Wildman–Crippen LogP) is 3.14. The third kappa shape index (κ3) is 7.71. The molecule has 0 radical (unpaired) electrons. The molecule has 3 amide bonds. The molecule has 0 fully saturated rings. The summed E-state index contributed by atoms with van der Waals surface area (Å²) in [5, 5.41) is 8.98. The van der Waals surface area contributed by atoms with E-state index in [-0.39, 0.29) is 19.1 Å². The molecule has 0 unspecified atom stereocenters. The number of halogens is 1. The van der Waals surface area contributed by atoms with E-state index in [2.05, 4.69) is 37.1 Å². The Morgan fingerprint density at radius 1 is 1.09 bits per heavy atom. The van der Waals surface area contributed by atoms with Crippen LogP contribution in [0.4, 0.5) is 5.69 Å². The van der Waals surface area contributed by atoms with Gasteiger partial charge in [-0.3, -0.25) is 14.4 Å². The van der Waals surface area contributed by atoms with Gasteiger partial charge in [0.2, 0.25) is 0 Å². The highest BCUT2D eigenvalue weighted by Crippen LogP contribution is 2.27. The second-order valence-electron chi connectivity index (χ2n) is 7.17. The number of anilines is 1. The third-order valence-electron chi connectivity index (χ3n) is 4.60. The highest BCUT2D eigenvalue weighted by molar-refractivity contribution is 9.10. The number of hydrogen-bond acceptors (Lipinski definition) is 7. The van der Waals surface area contributed by atoms with E-state index in [9.17, 15) is 14.4 Å². The number of hydrazone groups is 1. The van der Waals surface area contributed by atoms with Gasteiger partial charge in [0.05, 0.1) is 26.1 Å². The molecular formula is C24H23BrN4O6. The molecule has 0 atom stereocenters. The Hall–Kier alpha value is -4.12. The van der Waals surface area contributed by atoms with Crippen molar-refractivity contribution in [2.24, 2.45) is 5.10 Å². The average Bonchev–Trinajstić information content (AvgIpc) is 3.37. The van der Waals surface area contributed by atoms with Crippen molar-refractivity contribution in [3.05, 3.63) is 76.2 Å². The van der Waals surface area contributed by atoms with Crippen molar-refractivity contribution in [3.63, 3.8) is 0 Å². The zero-order chi connectivity index (χ0) is 25.2. The van der Waals surface area contributed by atoms with Crippen molar-refractivity contribution in [2.75, 3.05) is 19.0 Å². The van der Waals surface area contributed by atoms with Gasteiger partial charge >= 0.3 is 11.8 Å². The van der Waals surface area contributed by atoms with Crippen LogP contribution in [0.2, 0.25) is 0 Å². The number of aryl methyl sites for hydroxylation is 1. The van der Waals surface area contributed by atoms with E-state index >= 15 is 0 Å². The monoisotopic (exact) mass is 542 g/mol. The molecule has 0 saturated heterocycles. The molecule has 3 aromatic rings. The van der Waals surface area contributed by atoms with E-state index in [1.54, 1.807) is 36.4 Å². The maximum absolute atomic E-state index is 12.3. The Morgan fingerprint density at radius 3 is 2.63 bits per heavy atom. The number of ether oxygens (including phenoxy) is 2. The molecule has 0 aliphatic heterocycles. The molecule has 3 rings (SSSR count). The van der Waals surface area contributed by atoms with Crippen LogP contribution in [-0.4, -0.2) is 37.7 Å². The Morgan fingerprint density at radius 2 is 1.91 bits per heavy atom. The van der Waals surface area contributed by atoms with Crippen molar-refractivity contribution >= 4 is 45.6 Å². The molecule has 0 aliphatic rings. The fourth-order valence-corrected chi connectivity index (χ4v) is 3.33. The SMILES string of the molecule is COc1cc(/C=N\NC(=O)C(=O)NCc2ccco2)ccc1OCC(=O)Nc1ccc(Br)cc1C. The van der Waals surface area contributed by atoms with Crippen LogP contribution >= 0.6 is 15.9 Å². The molecule has 0 bridgehead atoms. The van der Waals surface area contributed by atoms with Crippen LogP contribution < -0.4 is 25.5 Å². The highest BCUT2D eigenvalue weighted by atomic mass is 79.9. The highest BCUT2D eigenvalue weighted by Gasteiger charge is 2.13. The standard InChI is InChI=1S/C24H23BrN4O6/c1-15-10-17(25)6-7-19(15)28-22(30)14-35-20-8-5-16(11-21(20)33-2)12-27-29-24(32)23(31)26-13-18-4-3-9-34-18/h3-12H,13-14H2,1-2H3,(H,26,31)(H,28,30)(H,29,32)/b27-12-. The van der Waals surface area contributed by atoms with Crippen LogP contribution in [-0.2, 0) is 20.9 Å².